The standard InChI is InChI=1S/C26H55N2O4P/c1-4-5-6-7-8-9-10-11-12-13-14-15-16-17-18-19-25-31-33(29,30)32-26-22-27-20-23-28(2,3)24-21-27/h4-26H2,1-3H3. The van der Waals surface area contributed by atoms with Gasteiger partial charge in [-0.05, 0) is 6.42 Å². The normalized spacial score (nSPS) is 18.4. The number of rotatable bonds is 22. The molecule has 33 heavy (non-hydrogen) atoms. The molecule has 0 aromatic heterocycles. The molecule has 1 rings (SSSR count). The number of hydrogen-bond donors (Lipinski definition) is 0. The second kappa shape index (κ2) is 19.2. The van der Waals surface area contributed by atoms with E-state index in [1.165, 1.54) is 83.5 Å². The van der Waals surface area contributed by atoms with Crippen LogP contribution in [0.3, 0.4) is 0 Å². The minimum absolute atomic E-state index is 0.188. The Bertz CT molecular complexity index is 495. The van der Waals surface area contributed by atoms with Crippen molar-refractivity contribution in [3.8, 4) is 0 Å². The Kier molecular flexibility index (Phi) is 18.1. The SMILES string of the molecule is CCCCCCCCCCCCCCCCCCOP(=O)([O-])OCCN1CC[N+](C)(C)CC1. The van der Waals surface area contributed by atoms with E-state index in [-0.39, 0.29) is 13.2 Å². The van der Waals surface area contributed by atoms with Crippen LogP contribution >= 0.6 is 7.82 Å². The number of nitrogens with zero attached hydrogens (tertiary/aromatic N) is 2. The molecule has 0 saturated carbocycles. The predicted molar refractivity (Wildman–Crippen MR) is 137 cm³/mol. The molecule has 1 fully saturated rings. The van der Waals surface area contributed by atoms with Crippen LogP contribution in [0, 0.1) is 0 Å². The molecular weight excluding hydrogens is 435 g/mol. The molecule has 0 radical (unpaired) electrons. The highest BCUT2D eigenvalue weighted by molar-refractivity contribution is 7.45. The molecule has 0 amide bonds. The van der Waals surface area contributed by atoms with Crippen LogP contribution in [0.25, 0.3) is 0 Å². The molecule has 198 valence electrons. The Hall–Kier alpha value is 0.0300. The Morgan fingerprint density at radius 2 is 1.09 bits per heavy atom. The van der Waals surface area contributed by atoms with Crippen LogP contribution in [0.4, 0.5) is 0 Å². The molecule has 6 nitrogen and oxygen atoms in total. The Balaban J connectivity index is 1.82. The van der Waals surface area contributed by atoms with Crippen molar-refractivity contribution in [2.45, 2.75) is 110 Å². The Labute approximate surface area is 205 Å². The van der Waals surface area contributed by atoms with Crippen LogP contribution in [0.15, 0.2) is 0 Å². The average Bonchev–Trinajstić information content (AvgIpc) is 2.77. The summed E-state index contributed by atoms with van der Waals surface area (Å²) in [6, 6.07) is 0. The van der Waals surface area contributed by atoms with E-state index in [1.807, 2.05) is 0 Å². The Morgan fingerprint density at radius 1 is 0.697 bits per heavy atom. The molecule has 1 saturated heterocycles. The van der Waals surface area contributed by atoms with Gasteiger partial charge < -0.3 is 18.4 Å². The number of piperazine rings is 1. The number of likely N-dealkylation sites (N-methyl/N-ethyl adjacent to an activating group) is 1. The fourth-order valence-electron chi connectivity index (χ4n) is 4.42. The minimum Gasteiger partial charge on any atom is -0.756 e. The van der Waals surface area contributed by atoms with Crippen LogP contribution in [-0.2, 0) is 13.6 Å². The van der Waals surface area contributed by atoms with Gasteiger partial charge in [0.15, 0.2) is 0 Å². The van der Waals surface area contributed by atoms with Crippen LogP contribution < -0.4 is 4.89 Å². The van der Waals surface area contributed by atoms with Gasteiger partial charge in [-0.25, -0.2) is 0 Å². The summed E-state index contributed by atoms with van der Waals surface area (Å²) in [7, 11) is 0.301. The molecule has 0 aromatic carbocycles. The predicted octanol–water partition coefficient (Wildman–Crippen LogP) is 6.14. The van der Waals surface area contributed by atoms with Crippen LogP contribution in [0.1, 0.15) is 110 Å². The van der Waals surface area contributed by atoms with Gasteiger partial charge in [-0.1, -0.05) is 103 Å². The molecule has 0 aliphatic carbocycles. The van der Waals surface area contributed by atoms with E-state index in [1.54, 1.807) is 0 Å². The van der Waals surface area contributed by atoms with E-state index in [4.69, 9.17) is 9.05 Å². The van der Waals surface area contributed by atoms with Crippen molar-refractivity contribution in [3.05, 3.63) is 0 Å². The zero-order chi connectivity index (χ0) is 24.3. The van der Waals surface area contributed by atoms with Crippen molar-refractivity contribution in [2.24, 2.45) is 0 Å². The van der Waals surface area contributed by atoms with Gasteiger partial charge in [0.25, 0.3) is 7.82 Å². The van der Waals surface area contributed by atoms with Gasteiger partial charge in [-0.2, -0.15) is 0 Å². The quantitative estimate of drug-likeness (QED) is 0.104. The topological polar surface area (TPSA) is 61.8 Å². The maximum absolute atomic E-state index is 11.9. The van der Waals surface area contributed by atoms with Gasteiger partial charge in [0.05, 0.1) is 40.4 Å². The largest absolute Gasteiger partial charge is 0.756 e. The van der Waals surface area contributed by atoms with Gasteiger partial charge in [0.2, 0.25) is 0 Å². The van der Waals surface area contributed by atoms with Gasteiger partial charge in [-0.3, -0.25) is 9.46 Å². The zero-order valence-electron chi connectivity index (χ0n) is 22.2. The number of unbranched alkanes of at least 4 members (excludes halogenated alkanes) is 15. The molecule has 1 heterocycles. The fourth-order valence-corrected chi connectivity index (χ4v) is 5.15. The second-order valence-electron chi connectivity index (χ2n) is 10.6. The van der Waals surface area contributed by atoms with E-state index in [0.29, 0.717) is 6.54 Å². The lowest BCUT2D eigenvalue weighted by Gasteiger charge is -2.39. The van der Waals surface area contributed by atoms with Gasteiger partial charge in [-0.15, -0.1) is 0 Å². The van der Waals surface area contributed by atoms with Crippen LogP contribution in [0.2, 0.25) is 0 Å². The summed E-state index contributed by atoms with van der Waals surface area (Å²) in [5, 5.41) is 0. The van der Waals surface area contributed by atoms with Crippen molar-refractivity contribution >= 4 is 7.82 Å². The first-order chi connectivity index (χ1) is 15.8. The summed E-state index contributed by atoms with van der Waals surface area (Å²) in [6.45, 7) is 7.50. The highest BCUT2D eigenvalue weighted by Gasteiger charge is 2.24. The molecular formula is C26H55N2O4P. The molecule has 7 heteroatoms. The summed E-state index contributed by atoms with van der Waals surface area (Å²) in [5.41, 5.74) is 0. The minimum atomic E-state index is -4.16. The molecule has 1 atom stereocenters. The maximum atomic E-state index is 11.9. The summed E-state index contributed by atoms with van der Waals surface area (Å²) in [4.78, 5) is 14.2. The summed E-state index contributed by atoms with van der Waals surface area (Å²) in [6.07, 6.45) is 20.8. The molecule has 1 aliphatic rings. The second-order valence-corrected chi connectivity index (χ2v) is 12.1. The van der Waals surface area contributed by atoms with Crippen molar-refractivity contribution < 1.29 is 23.0 Å². The first-order valence-corrected chi connectivity index (χ1v) is 15.5. The molecule has 1 unspecified atom stereocenters. The van der Waals surface area contributed by atoms with Crippen molar-refractivity contribution in [2.75, 3.05) is 60.0 Å². The third-order valence-electron chi connectivity index (χ3n) is 6.95. The average molecular weight is 491 g/mol. The third-order valence-corrected chi connectivity index (χ3v) is 7.94. The lowest BCUT2D eigenvalue weighted by Crippen LogP contribution is -2.55. The van der Waals surface area contributed by atoms with Crippen molar-refractivity contribution in [1.29, 1.82) is 0 Å². The third kappa shape index (κ3) is 19.0. The van der Waals surface area contributed by atoms with Gasteiger partial charge in [0, 0.05) is 19.6 Å². The smallest absolute Gasteiger partial charge is 0.267 e. The highest BCUT2D eigenvalue weighted by Crippen LogP contribution is 2.38. The summed E-state index contributed by atoms with van der Waals surface area (Å²) >= 11 is 0. The monoisotopic (exact) mass is 490 g/mol. The number of phosphoric acid groups is 1. The number of hydrogen-bond acceptors (Lipinski definition) is 5. The van der Waals surface area contributed by atoms with Gasteiger partial charge in [0.1, 0.15) is 0 Å². The molecule has 1 aliphatic heterocycles. The first-order valence-electron chi connectivity index (χ1n) is 14.0. The highest BCUT2D eigenvalue weighted by atomic mass is 31.2. The lowest BCUT2D eigenvalue weighted by atomic mass is 10.0. The van der Waals surface area contributed by atoms with E-state index in [2.05, 4.69) is 25.9 Å². The summed E-state index contributed by atoms with van der Waals surface area (Å²) in [5.74, 6) is 0. The number of phosphoric ester groups is 1. The van der Waals surface area contributed by atoms with Crippen molar-refractivity contribution in [1.82, 2.24) is 4.90 Å². The van der Waals surface area contributed by atoms with Gasteiger partial charge >= 0.3 is 0 Å². The maximum Gasteiger partial charge on any atom is 0.267 e. The van der Waals surface area contributed by atoms with E-state index >= 15 is 0 Å². The number of quaternary nitrogens is 1. The molecule has 0 bridgehead atoms. The van der Waals surface area contributed by atoms with Crippen molar-refractivity contribution in [3.63, 3.8) is 0 Å². The first kappa shape index (κ1) is 31.1. The fraction of sp³-hybridized carbons (Fsp3) is 1.00. The molecule has 0 aromatic rings. The van der Waals surface area contributed by atoms with E-state index in [0.717, 1.165) is 49.9 Å². The van der Waals surface area contributed by atoms with E-state index < -0.39 is 7.82 Å². The molecule has 0 spiro atoms. The lowest BCUT2D eigenvalue weighted by molar-refractivity contribution is -0.894. The Morgan fingerprint density at radius 3 is 1.55 bits per heavy atom. The van der Waals surface area contributed by atoms with Crippen LogP contribution in [-0.4, -0.2) is 69.4 Å². The van der Waals surface area contributed by atoms with E-state index in [9.17, 15) is 9.46 Å². The van der Waals surface area contributed by atoms with Crippen LogP contribution in [0.5, 0.6) is 0 Å². The summed E-state index contributed by atoms with van der Waals surface area (Å²) < 4.78 is 23.0. The zero-order valence-corrected chi connectivity index (χ0v) is 23.1. The molecule has 0 N–H and O–H groups in total.